The van der Waals surface area contributed by atoms with Gasteiger partial charge in [0, 0.05) is 30.6 Å². The largest absolute Gasteiger partial charge is 0.390 e. The van der Waals surface area contributed by atoms with Crippen molar-refractivity contribution in [3.8, 4) is 0 Å². The molecule has 3 rings (SSSR count). The second-order valence-electron chi connectivity index (χ2n) is 7.21. The molecule has 2 fully saturated rings. The molecule has 0 spiro atoms. The number of aliphatic hydroxyl groups excluding tert-OH is 2. The van der Waals surface area contributed by atoms with Crippen molar-refractivity contribution in [3.63, 3.8) is 0 Å². The van der Waals surface area contributed by atoms with Crippen LogP contribution in [0.2, 0.25) is 0 Å². The number of anilines is 1. The molecule has 0 aromatic heterocycles. The van der Waals surface area contributed by atoms with Gasteiger partial charge in [0.2, 0.25) is 11.8 Å². The molecular formula is C19H26N4O4S2. The van der Waals surface area contributed by atoms with Crippen molar-refractivity contribution in [1.82, 2.24) is 16.0 Å². The van der Waals surface area contributed by atoms with Gasteiger partial charge in [0.25, 0.3) is 0 Å². The highest BCUT2D eigenvalue weighted by Crippen LogP contribution is 2.37. The molecule has 5 N–H and O–H groups in total. The summed E-state index contributed by atoms with van der Waals surface area (Å²) in [4.78, 5) is 26.8. The highest BCUT2D eigenvalue weighted by molar-refractivity contribution is 7.98. The number of thioether (sulfide) groups is 1. The minimum absolute atomic E-state index is 0.122. The van der Waals surface area contributed by atoms with E-state index in [1.165, 1.54) is 6.92 Å². The van der Waals surface area contributed by atoms with Gasteiger partial charge in [0.1, 0.15) is 6.10 Å². The third-order valence-corrected chi connectivity index (χ3v) is 6.35. The van der Waals surface area contributed by atoms with Crippen LogP contribution in [0.3, 0.4) is 0 Å². The van der Waals surface area contributed by atoms with Gasteiger partial charge in [-0.05, 0) is 43.1 Å². The van der Waals surface area contributed by atoms with Crippen molar-refractivity contribution in [1.29, 1.82) is 0 Å². The Morgan fingerprint density at radius 1 is 1.31 bits per heavy atom. The zero-order chi connectivity index (χ0) is 21.1. The van der Waals surface area contributed by atoms with E-state index in [1.54, 1.807) is 11.8 Å². The topological polar surface area (TPSA) is 114 Å². The highest BCUT2D eigenvalue weighted by atomic mass is 32.2. The molecule has 10 heteroatoms. The van der Waals surface area contributed by atoms with E-state index in [0.29, 0.717) is 11.7 Å². The molecule has 0 bridgehead atoms. The summed E-state index contributed by atoms with van der Waals surface area (Å²) in [5, 5.41) is 29.8. The number of nitrogens with zero attached hydrogens (tertiary/aromatic N) is 1. The lowest BCUT2D eigenvalue weighted by Crippen LogP contribution is -2.61. The number of thiocarbonyl (C=S) groups is 1. The molecule has 0 radical (unpaired) electrons. The van der Waals surface area contributed by atoms with Gasteiger partial charge in [-0.25, -0.2) is 0 Å². The first-order valence-corrected chi connectivity index (χ1v) is 11.1. The lowest BCUT2D eigenvalue weighted by molar-refractivity contribution is -0.131. The zero-order valence-corrected chi connectivity index (χ0v) is 17.9. The maximum atomic E-state index is 12.9. The van der Waals surface area contributed by atoms with Crippen LogP contribution in [0.15, 0.2) is 29.2 Å². The maximum Gasteiger partial charge on any atom is 0.225 e. The molecular weight excluding hydrogens is 412 g/mol. The number of benzene rings is 1. The Labute approximate surface area is 179 Å². The van der Waals surface area contributed by atoms with E-state index >= 15 is 0 Å². The molecule has 29 heavy (non-hydrogen) atoms. The quantitative estimate of drug-likeness (QED) is 0.236. The van der Waals surface area contributed by atoms with E-state index in [-0.39, 0.29) is 24.8 Å². The summed E-state index contributed by atoms with van der Waals surface area (Å²) >= 11 is 7.12. The number of carbonyl (C=O) groups is 2. The van der Waals surface area contributed by atoms with Crippen LogP contribution in [0.4, 0.5) is 5.69 Å². The lowest BCUT2D eigenvalue weighted by atomic mass is 9.77. The Morgan fingerprint density at radius 2 is 2.03 bits per heavy atom. The van der Waals surface area contributed by atoms with Crippen LogP contribution in [0.1, 0.15) is 13.3 Å². The second kappa shape index (κ2) is 9.29. The van der Waals surface area contributed by atoms with Crippen molar-refractivity contribution in [2.24, 2.45) is 5.92 Å². The molecule has 1 aromatic carbocycles. The van der Waals surface area contributed by atoms with Gasteiger partial charge >= 0.3 is 0 Å². The zero-order valence-electron chi connectivity index (χ0n) is 16.3. The Balaban J connectivity index is 1.84. The van der Waals surface area contributed by atoms with Crippen molar-refractivity contribution >= 4 is 46.6 Å². The molecule has 1 aliphatic carbocycles. The normalized spacial score (nSPS) is 28.5. The van der Waals surface area contributed by atoms with Crippen molar-refractivity contribution < 1.29 is 19.8 Å². The van der Waals surface area contributed by atoms with Crippen molar-refractivity contribution in [2.45, 2.75) is 42.5 Å². The number of fused-ring (bicyclic) bond motifs is 1. The monoisotopic (exact) mass is 438 g/mol. The molecule has 1 aliphatic heterocycles. The van der Waals surface area contributed by atoms with E-state index in [1.807, 2.05) is 35.4 Å². The van der Waals surface area contributed by atoms with Crippen LogP contribution in [0, 0.1) is 5.92 Å². The smallest absolute Gasteiger partial charge is 0.225 e. The minimum atomic E-state index is -1.03. The van der Waals surface area contributed by atoms with E-state index < -0.39 is 30.2 Å². The van der Waals surface area contributed by atoms with Crippen LogP contribution in [-0.4, -0.2) is 70.8 Å². The van der Waals surface area contributed by atoms with Crippen LogP contribution < -0.4 is 20.9 Å². The summed E-state index contributed by atoms with van der Waals surface area (Å²) < 4.78 is 0. The third-order valence-electron chi connectivity index (χ3n) is 5.31. The number of carbonyl (C=O) groups excluding carboxylic acids is 2. The van der Waals surface area contributed by atoms with Crippen LogP contribution >= 0.6 is 24.0 Å². The SMILES string of the molecule is CSc1cccc(N2C(=S)NC3C(O)C(O)CC(C(=O)NCCNC(C)=O)C32)c1. The predicted octanol–water partition coefficient (Wildman–Crippen LogP) is -0.166. The van der Waals surface area contributed by atoms with Crippen molar-refractivity contribution in [2.75, 3.05) is 24.2 Å². The number of rotatable bonds is 6. The maximum absolute atomic E-state index is 12.9. The fourth-order valence-electron chi connectivity index (χ4n) is 3.96. The fraction of sp³-hybridized carbons (Fsp3) is 0.526. The standard InChI is InChI=1S/C19H26N4O4S2/c1-10(24)20-6-7-21-18(27)13-9-14(25)17(26)15-16(13)23(19(28)22-15)11-4-3-5-12(8-11)29-2/h3-5,8,13-17,25-26H,6-7,9H2,1-2H3,(H,20,24)(H,21,27)(H,22,28). The molecule has 1 heterocycles. The minimum Gasteiger partial charge on any atom is -0.390 e. The summed E-state index contributed by atoms with van der Waals surface area (Å²) in [7, 11) is 0. The number of aliphatic hydroxyl groups is 2. The molecule has 1 aromatic rings. The van der Waals surface area contributed by atoms with Gasteiger partial charge in [-0.1, -0.05) is 6.07 Å². The Hall–Kier alpha value is -1.88. The summed E-state index contributed by atoms with van der Waals surface area (Å²) in [5.74, 6) is -0.990. The molecule has 2 aliphatic rings. The van der Waals surface area contributed by atoms with E-state index in [4.69, 9.17) is 12.2 Å². The molecule has 8 nitrogen and oxygen atoms in total. The van der Waals surface area contributed by atoms with Gasteiger partial charge in [0.15, 0.2) is 5.11 Å². The molecule has 5 unspecified atom stereocenters. The predicted molar refractivity (Wildman–Crippen MR) is 116 cm³/mol. The first-order chi connectivity index (χ1) is 13.8. The van der Waals surface area contributed by atoms with E-state index in [0.717, 1.165) is 10.6 Å². The Morgan fingerprint density at radius 3 is 2.72 bits per heavy atom. The highest BCUT2D eigenvalue weighted by Gasteiger charge is 2.53. The molecule has 5 atom stereocenters. The van der Waals surface area contributed by atoms with Crippen LogP contribution in [0.25, 0.3) is 0 Å². The van der Waals surface area contributed by atoms with E-state index in [2.05, 4.69) is 16.0 Å². The van der Waals surface area contributed by atoms with Gasteiger partial charge < -0.3 is 31.1 Å². The van der Waals surface area contributed by atoms with Gasteiger partial charge in [-0.2, -0.15) is 0 Å². The first kappa shape index (κ1) is 21.8. The third kappa shape index (κ3) is 4.66. The summed E-state index contributed by atoms with van der Waals surface area (Å²) in [6, 6.07) is 6.83. The molecule has 158 valence electrons. The number of hydrogen-bond acceptors (Lipinski definition) is 6. The number of amides is 2. The van der Waals surface area contributed by atoms with Gasteiger partial charge in [-0.3, -0.25) is 9.59 Å². The molecule has 2 amide bonds. The summed E-state index contributed by atoms with van der Waals surface area (Å²) in [5.41, 5.74) is 0.835. The lowest BCUT2D eigenvalue weighted by Gasteiger charge is -2.41. The Bertz CT molecular complexity index is 793. The Kier molecular flexibility index (Phi) is 6.99. The molecule has 1 saturated carbocycles. The average Bonchev–Trinajstić information content (AvgIpc) is 3.05. The van der Waals surface area contributed by atoms with Gasteiger partial charge in [0.05, 0.1) is 24.1 Å². The van der Waals surface area contributed by atoms with Crippen LogP contribution in [0.5, 0.6) is 0 Å². The van der Waals surface area contributed by atoms with Crippen LogP contribution in [-0.2, 0) is 9.59 Å². The number of nitrogens with one attached hydrogen (secondary N) is 3. The molecule has 1 saturated heterocycles. The summed E-state index contributed by atoms with van der Waals surface area (Å²) in [6.45, 7) is 2.02. The average molecular weight is 439 g/mol. The summed E-state index contributed by atoms with van der Waals surface area (Å²) in [6.07, 6.45) is 0.0384. The van der Waals surface area contributed by atoms with Crippen molar-refractivity contribution in [3.05, 3.63) is 24.3 Å². The van der Waals surface area contributed by atoms with E-state index in [9.17, 15) is 19.8 Å². The first-order valence-electron chi connectivity index (χ1n) is 9.45. The fourth-order valence-corrected chi connectivity index (χ4v) is 4.77. The second-order valence-corrected chi connectivity index (χ2v) is 8.48. The van der Waals surface area contributed by atoms with Gasteiger partial charge in [-0.15, -0.1) is 11.8 Å². The number of hydrogen-bond donors (Lipinski definition) is 5.